The fourth-order valence-electron chi connectivity index (χ4n) is 1.75. The van der Waals surface area contributed by atoms with E-state index in [1.165, 1.54) is 26.8 Å². The van der Waals surface area contributed by atoms with Gasteiger partial charge in [-0.25, -0.2) is 27.1 Å². The summed E-state index contributed by atoms with van der Waals surface area (Å²) in [6.45, 7) is 4.46. The lowest BCUT2D eigenvalue weighted by Gasteiger charge is -2.13. The molecule has 0 atom stereocenters. The summed E-state index contributed by atoms with van der Waals surface area (Å²) >= 11 is 0. The van der Waals surface area contributed by atoms with Gasteiger partial charge in [0.15, 0.2) is 0 Å². The predicted octanol–water partition coefficient (Wildman–Crippen LogP) is -0.0933. The SMILES string of the molecule is Cc1cc(S(N)(=O)=O)c(C)c(C)c1S(N)(=O)=O. The highest BCUT2D eigenvalue weighted by Crippen LogP contribution is 2.27. The van der Waals surface area contributed by atoms with Gasteiger partial charge in [-0.2, -0.15) is 0 Å². The number of nitrogens with two attached hydrogens (primary N) is 2. The summed E-state index contributed by atoms with van der Waals surface area (Å²) in [7, 11) is -7.76. The van der Waals surface area contributed by atoms with Crippen molar-refractivity contribution in [1.82, 2.24) is 0 Å². The molecule has 6 nitrogen and oxygen atoms in total. The average molecular weight is 278 g/mol. The third kappa shape index (κ3) is 2.65. The Balaban J connectivity index is 3.84. The largest absolute Gasteiger partial charge is 0.238 e. The maximum absolute atomic E-state index is 11.4. The van der Waals surface area contributed by atoms with Gasteiger partial charge in [0.25, 0.3) is 0 Å². The molecular formula is C9H14N2O4S2. The van der Waals surface area contributed by atoms with E-state index in [1.54, 1.807) is 0 Å². The van der Waals surface area contributed by atoms with Crippen LogP contribution in [-0.2, 0) is 20.0 Å². The average Bonchev–Trinajstić information content (AvgIpc) is 2.07. The van der Waals surface area contributed by atoms with Crippen molar-refractivity contribution >= 4 is 20.0 Å². The molecule has 96 valence electrons. The van der Waals surface area contributed by atoms with E-state index in [-0.39, 0.29) is 15.4 Å². The summed E-state index contributed by atoms with van der Waals surface area (Å²) in [4.78, 5) is -0.137. The molecule has 0 fully saturated rings. The van der Waals surface area contributed by atoms with Crippen LogP contribution in [0.3, 0.4) is 0 Å². The first-order valence-corrected chi connectivity index (χ1v) is 7.72. The molecule has 1 aromatic rings. The number of hydrogen-bond acceptors (Lipinski definition) is 4. The predicted molar refractivity (Wildman–Crippen MR) is 63.4 cm³/mol. The van der Waals surface area contributed by atoms with Crippen LogP contribution in [0.15, 0.2) is 15.9 Å². The summed E-state index contributed by atoms with van der Waals surface area (Å²) in [6, 6.07) is 1.22. The van der Waals surface area contributed by atoms with E-state index in [0.717, 1.165) is 0 Å². The van der Waals surface area contributed by atoms with Crippen molar-refractivity contribution in [1.29, 1.82) is 0 Å². The number of aryl methyl sites for hydroxylation is 1. The Bertz CT molecular complexity index is 675. The lowest BCUT2D eigenvalue weighted by Crippen LogP contribution is -2.19. The van der Waals surface area contributed by atoms with Crippen LogP contribution < -0.4 is 10.3 Å². The minimum atomic E-state index is -3.88. The minimum absolute atomic E-state index is 0.0533. The summed E-state index contributed by atoms with van der Waals surface area (Å²) in [6.07, 6.45) is 0. The molecule has 1 aromatic carbocycles. The highest BCUT2D eigenvalue weighted by atomic mass is 32.2. The maximum atomic E-state index is 11.4. The second-order valence-corrected chi connectivity index (χ2v) is 6.89. The van der Waals surface area contributed by atoms with Gasteiger partial charge in [-0.15, -0.1) is 0 Å². The number of hydrogen-bond donors (Lipinski definition) is 2. The molecular weight excluding hydrogens is 264 g/mol. The summed E-state index contributed by atoms with van der Waals surface area (Å²) in [5.74, 6) is 0. The smallest absolute Gasteiger partial charge is 0.225 e. The Kier molecular flexibility index (Phi) is 3.36. The Labute approximate surface area is 101 Å². The standard InChI is InChI=1S/C9H14N2O4S2/c1-5-4-8(16(10,12)13)6(2)7(3)9(5)17(11,14)15/h4H,1-3H3,(H2,10,12,13)(H2,11,14,15). The molecule has 0 saturated carbocycles. The van der Waals surface area contributed by atoms with Crippen LogP contribution in [0.2, 0.25) is 0 Å². The van der Waals surface area contributed by atoms with Gasteiger partial charge in [0, 0.05) is 0 Å². The molecule has 0 aromatic heterocycles. The lowest BCUT2D eigenvalue weighted by atomic mass is 10.1. The van der Waals surface area contributed by atoms with Crippen molar-refractivity contribution < 1.29 is 16.8 Å². The van der Waals surface area contributed by atoms with E-state index in [0.29, 0.717) is 11.1 Å². The maximum Gasteiger partial charge on any atom is 0.238 e. The summed E-state index contributed by atoms with van der Waals surface area (Å²) < 4.78 is 45.4. The topological polar surface area (TPSA) is 120 Å². The van der Waals surface area contributed by atoms with Crippen molar-refractivity contribution in [2.24, 2.45) is 10.3 Å². The fraction of sp³-hybridized carbons (Fsp3) is 0.333. The van der Waals surface area contributed by atoms with Crippen LogP contribution in [0.4, 0.5) is 0 Å². The molecule has 0 radical (unpaired) electrons. The molecule has 0 spiro atoms. The molecule has 0 unspecified atom stereocenters. The normalized spacial score (nSPS) is 12.8. The van der Waals surface area contributed by atoms with E-state index in [2.05, 4.69) is 0 Å². The molecule has 0 saturated heterocycles. The van der Waals surface area contributed by atoms with Crippen molar-refractivity contribution in [3.63, 3.8) is 0 Å². The fourth-order valence-corrected chi connectivity index (χ4v) is 3.76. The highest BCUT2D eigenvalue weighted by molar-refractivity contribution is 7.89. The van der Waals surface area contributed by atoms with Crippen LogP contribution in [0, 0.1) is 20.8 Å². The molecule has 0 aliphatic carbocycles. The molecule has 0 aliphatic rings. The number of benzene rings is 1. The van der Waals surface area contributed by atoms with Crippen LogP contribution in [-0.4, -0.2) is 16.8 Å². The quantitative estimate of drug-likeness (QED) is 0.785. The number of rotatable bonds is 2. The molecule has 0 bridgehead atoms. The van der Waals surface area contributed by atoms with Gasteiger partial charge in [0.05, 0.1) is 9.79 Å². The molecule has 8 heteroatoms. The second-order valence-electron chi connectivity index (χ2n) is 3.86. The van der Waals surface area contributed by atoms with E-state index < -0.39 is 20.0 Å². The number of sulfonamides is 2. The number of primary sulfonamides is 2. The van der Waals surface area contributed by atoms with E-state index in [9.17, 15) is 16.8 Å². The van der Waals surface area contributed by atoms with Crippen LogP contribution in [0.25, 0.3) is 0 Å². The second kappa shape index (κ2) is 4.05. The van der Waals surface area contributed by atoms with E-state index in [1.807, 2.05) is 0 Å². The van der Waals surface area contributed by atoms with Crippen molar-refractivity contribution in [3.8, 4) is 0 Å². The summed E-state index contributed by atoms with van der Waals surface area (Å²) in [5.41, 5.74) is 0.860. The summed E-state index contributed by atoms with van der Waals surface area (Å²) in [5, 5.41) is 10.1. The van der Waals surface area contributed by atoms with Gasteiger partial charge in [-0.05, 0) is 43.5 Å². The van der Waals surface area contributed by atoms with Gasteiger partial charge >= 0.3 is 0 Å². The van der Waals surface area contributed by atoms with Gasteiger partial charge in [0.2, 0.25) is 20.0 Å². The first kappa shape index (κ1) is 14.1. The van der Waals surface area contributed by atoms with Gasteiger partial charge in [0.1, 0.15) is 0 Å². The third-order valence-corrected chi connectivity index (χ3v) is 4.80. The molecule has 1 rings (SSSR count). The van der Waals surface area contributed by atoms with Gasteiger partial charge < -0.3 is 0 Å². The monoisotopic (exact) mass is 278 g/mol. The van der Waals surface area contributed by atoms with Crippen LogP contribution in [0.5, 0.6) is 0 Å². The third-order valence-electron chi connectivity index (χ3n) is 2.57. The molecule has 0 amide bonds. The Morgan fingerprint density at radius 3 is 1.71 bits per heavy atom. The zero-order valence-electron chi connectivity index (χ0n) is 9.68. The van der Waals surface area contributed by atoms with Crippen LogP contribution >= 0.6 is 0 Å². The lowest BCUT2D eigenvalue weighted by molar-refractivity contribution is 0.591. The zero-order chi connectivity index (χ0) is 13.6. The van der Waals surface area contributed by atoms with Crippen molar-refractivity contribution in [2.45, 2.75) is 30.6 Å². The Morgan fingerprint density at radius 2 is 1.35 bits per heavy atom. The molecule has 4 N–H and O–H groups in total. The Hall–Kier alpha value is -0.960. The first-order chi connectivity index (χ1) is 7.46. The van der Waals surface area contributed by atoms with Gasteiger partial charge in [-0.3, -0.25) is 0 Å². The molecule has 17 heavy (non-hydrogen) atoms. The minimum Gasteiger partial charge on any atom is -0.225 e. The first-order valence-electron chi connectivity index (χ1n) is 4.62. The van der Waals surface area contributed by atoms with E-state index in [4.69, 9.17) is 10.3 Å². The van der Waals surface area contributed by atoms with Crippen LogP contribution in [0.1, 0.15) is 16.7 Å². The molecule has 0 aliphatic heterocycles. The van der Waals surface area contributed by atoms with Gasteiger partial charge in [-0.1, -0.05) is 0 Å². The zero-order valence-corrected chi connectivity index (χ0v) is 11.3. The van der Waals surface area contributed by atoms with Crippen molar-refractivity contribution in [3.05, 3.63) is 22.8 Å². The highest BCUT2D eigenvalue weighted by Gasteiger charge is 2.22. The van der Waals surface area contributed by atoms with E-state index >= 15 is 0 Å². The Morgan fingerprint density at radius 1 is 0.882 bits per heavy atom. The molecule has 0 heterocycles. The van der Waals surface area contributed by atoms with Crippen molar-refractivity contribution in [2.75, 3.05) is 0 Å².